The average Bonchev–Trinajstić information content (AvgIpc) is 3.44. The number of benzene rings is 3. The van der Waals surface area contributed by atoms with E-state index in [4.69, 9.17) is 14.2 Å². The zero-order valence-corrected chi connectivity index (χ0v) is 51.8. The van der Waals surface area contributed by atoms with Crippen LogP contribution < -0.4 is 76.5 Å². The number of methoxy groups -OCH3 is 2. The Labute approximate surface area is 499 Å². The number of carbonyl (C=O) groups excluding carboxylic acids is 10. The van der Waals surface area contributed by atoms with Gasteiger partial charge in [0.1, 0.15) is 47.8 Å². The van der Waals surface area contributed by atoms with Crippen LogP contribution in [0.1, 0.15) is 104 Å². The molecule has 3 aromatic rings. The number of ketones is 1. The number of ether oxygens (including phenoxy) is 4. The molecule has 3 aromatic carbocycles. The molecule has 4 atom stereocenters. The minimum absolute atomic E-state index is 0. The van der Waals surface area contributed by atoms with Crippen molar-refractivity contribution in [1.82, 2.24) is 26.6 Å². The number of hydrogen-bond donors (Lipinski definition) is 5. The van der Waals surface area contributed by atoms with E-state index in [1.807, 2.05) is 61.5 Å². The van der Waals surface area contributed by atoms with Gasteiger partial charge in [-0.05, 0) is 82.3 Å². The number of Topliss-reactive ketones (excluding diaryl/α,β-unsaturated/α-hetero) is 1. The van der Waals surface area contributed by atoms with Gasteiger partial charge in [-0.15, -0.1) is 0 Å². The van der Waals surface area contributed by atoms with Crippen LogP contribution in [0.2, 0.25) is 0 Å². The van der Waals surface area contributed by atoms with E-state index >= 15 is 0 Å². The molecule has 0 aliphatic rings. The highest BCUT2D eigenvalue weighted by atomic mass is 79.9. The van der Waals surface area contributed by atoms with Crippen LogP contribution in [-0.2, 0) is 66.9 Å². The van der Waals surface area contributed by atoms with Crippen molar-refractivity contribution in [3.05, 3.63) is 91.0 Å². The van der Waals surface area contributed by atoms with E-state index in [0.717, 1.165) is 47.7 Å². The third kappa shape index (κ3) is 26.5. The molecular formula is C56H77Br2N5O14PS2-. The Hall–Kier alpha value is -5.35. The Morgan fingerprint density at radius 2 is 0.875 bits per heavy atom. The molecule has 24 heteroatoms. The van der Waals surface area contributed by atoms with Gasteiger partial charge in [-0.1, -0.05) is 96.0 Å². The predicted octanol–water partition coefficient (Wildman–Crippen LogP) is -1.44. The molecule has 3 rings (SSSR count). The zero-order chi connectivity index (χ0) is 57.1. The van der Waals surface area contributed by atoms with Crippen molar-refractivity contribution in [3.63, 3.8) is 0 Å². The summed E-state index contributed by atoms with van der Waals surface area (Å²) in [6.45, 7) is 4.80. The first kappa shape index (κ1) is 72.7. The topological polar surface area (TPSA) is 268 Å². The quantitative estimate of drug-likeness (QED) is 0.0145. The van der Waals surface area contributed by atoms with E-state index in [2.05, 4.69) is 67.7 Å². The van der Waals surface area contributed by atoms with Gasteiger partial charge in [-0.25, -0.2) is 9.59 Å². The van der Waals surface area contributed by atoms with Crippen LogP contribution in [0.15, 0.2) is 91.0 Å². The van der Waals surface area contributed by atoms with Crippen LogP contribution >= 0.6 is 28.9 Å². The van der Waals surface area contributed by atoms with Crippen LogP contribution in [0.5, 0.6) is 0 Å². The second kappa shape index (κ2) is 41.6. The molecule has 0 saturated carbocycles. The number of nitrogens with one attached hydrogen (secondary N) is 5. The van der Waals surface area contributed by atoms with E-state index in [1.54, 1.807) is 13.8 Å². The summed E-state index contributed by atoms with van der Waals surface area (Å²) in [6, 6.07) is 26.5. The maximum Gasteiger partial charge on any atom is 0.328 e. The van der Waals surface area contributed by atoms with Crippen LogP contribution in [0, 0.1) is 0 Å². The number of amides is 5. The fourth-order valence-corrected chi connectivity index (χ4v) is 14.9. The van der Waals surface area contributed by atoms with Gasteiger partial charge >= 0.3 is 23.9 Å². The summed E-state index contributed by atoms with van der Waals surface area (Å²) in [7, 11) is 2.31. The summed E-state index contributed by atoms with van der Waals surface area (Å²) >= 11 is 0. The molecule has 0 aliphatic carbocycles. The van der Waals surface area contributed by atoms with Crippen molar-refractivity contribution in [3.8, 4) is 0 Å². The third-order valence-electron chi connectivity index (χ3n) is 12.2. The first-order valence-corrected chi connectivity index (χ1v) is 30.8. The fourth-order valence-electron chi connectivity index (χ4n) is 8.14. The van der Waals surface area contributed by atoms with Crippen LogP contribution in [0.4, 0.5) is 0 Å². The summed E-state index contributed by atoms with van der Waals surface area (Å²) in [6.07, 6.45) is 3.23. The monoisotopic (exact) mass is 1300 g/mol. The molecule has 0 aromatic heterocycles. The molecule has 80 heavy (non-hydrogen) atoms. The SMILES string of the molecule is CCCCCC(=O)N[C@@H](CCC(=O)N[C@@H](CSSC[C@H](NC(=O)CC[C@H](NC(=O)CCCC[P+](c1ccccc1)(c1ccccc1)c1ccccc1)C(=O)OCC)C(=O)CCC(=O)OC)C(=O)NCC(=O)OC)C(=O)OCC.[Br-].[Br-]. The third-order valence-corrected chi connectivity index (χ3v) is 19.2. The molecule has 442 valence electrons. The highest BCUT2D eigenvalue weighted by Crippen LogP contribution is 2.56. The van der Waals surface area contributed by atoms with E-state index in [0.29, 0.717) is 19.3 Å². The van der Waals surface area contributed by atoms with Crippen molar-refractivity contribution in [1.29, 1.82) is 0 Å². The lowest BCUT2D eigenvalue weighted by Gasteiger charge is -2.27. The molecule has 0 saturated heterocycles. The minimum Gasteiger partial charge on any atom is -1.00 e. The fraction of sp³-hybridized carbons (Fsp3) is 0.500. The second-order valence-electron chi connectivity index (χ2n) is 17.9. The summed E-state index contributed by atoms with van der Waals surface area (Å²) < 4.78 is 19.7. The number of unbranched alkanes of at least 4 members (excludes halogenated alkanes) is 3. The van der Waals surface area contributed by atoms with Gasteiger partial charge in [0.25, 0.3) is 0 Å². The Morgan fingerprint density at radius 3 is 1.30 bits per heavy atom. The van der Waals surface area contributed by atoms with Gasteiger partial charge in [-0.2, -0.15) is 0 Å². The van der Waals surface area contributed by atoms with Gasteiger partial charge in [0.05, 0.1) is 46.1 Å². The standard InChI is InChI=1S/C56H76N5O14PS2.2BrH/c1-6-9-13-28-48(63)58-44(56(71)75-8-3)31-34-51(66)61-46(54(69)57-37-53(68)73-5)39-78-77-38-45(47(62)32-35-52(67)72-4)60-50(65)33-30-43(55(70)74-7-2)59-49(64)29-20-21-36-76(40-22-14-10-15-23-40,41-24-16-11-17-25-41)42-26-18-12-19-27-42;;/h10-12,14-19,22-27,43-46H,6-9,13,20-21,28-39H2,1-5H3,(H4-,57,58,59,60,61,63,64,65,66,69);2*1H/p-1/t43-,44-,45-,46-;;/m0../s1. The van der Waals surface area contributed by atoms with Crippen molar-refractivity contribution in [2.45, 2.75) is 128 Å². The van der Waals surface area contributed by atoms with Crippen molar-refractivity contribution < 1.29 is 101 Å². The van der Waals surface area contributed by atoms with Crippen LogP contribution in [-0.4, -0.2) is 135 Å². The van der Waals surface area contributed by atoms with Gasteiger partial charge in [0.2, 0.25) is 29.5 Å². The van der Waals surface area contributed by atoms with E-state index in [1.165, 1.54) is 23.0 Å². The number of carbonyl (C=O) groups is 10. The Morgan fingerprint density at radius 1 is 0.475 bits per heavy atom. The van der Waals surface area contributed by atoms with Gasteiger partial charge < -0.3 is 79.5 Å². The van der Waals surface area contributed by atoms with Crippen molar-refractivity contribution in [2.24, 2.45) is 0 Å². The van der Waals surface area contributed by atoms with Gasteiger partial charge in [0.15, 0.2) is 5.78 Å². The normalized spacial score (nSPS) is 12.2. The largest absolute Gasteiger partial charge is 1.00 e. The molecule has 0 bridgehead atoms. The van der Waals surface area contributed by atoms with E-state index in [-0.39, 0.29) is 116 Å². The van der Waals surface area contributed by atoms with Gasteiger partial charge in [0, 0.05) is 43.6 Å². The summed E-state index contributed by atoms with van der Waals surface area (Å²) in [4.78, 5) is 129. The first-order chi connectivity index (χ1) is 37.6. The first-order valence-electron chi connectivity index (χ1n) is 26.4. The summed E-state index contributed by atoms with van der Waals surface area (Å²) in [5.74, 6) is -6.30. The van der Waals surface area contributed by atoms with Crippen LogP contribution in [0.25, 0.3) is 0 Å². The molecule has 0 unspecified atom stereocenters. The van der Waals surface area contributed by atoms with E-state index in [9.17, 15) is 47.9 Å². The Balaban J connectivity index is 0.0000160. The zero-order valence-electron chi connectivity index (χ0n) is 46.1. The molecule has 5 amide bonds. The van der Waals surface area contributed by atoms with Crippen molar-refractivity contribution in [2.75, 3.05) is 51.6 Å². The number of esters is 4. The van der Waals surface area contributed by atoms with Crippen molar-refractivity contribution >= 4 is 104 Å². The molecule has 0 radical (unpaired) electrons. The smallest absolute Gasteiger partial charge is 0.328 e. The second-order valence-corrected chi connectivity index (χ2v) is 24.1. The molecule has 0 heterocycles. The number of hydrogen-bond acceptors (Lipinski definition) is 16. The highest BCUT2D eigenvalue weighted by molar-refractivity contribution is 8.76. The lowest BCUT2D eigenvalue weighted by atomic mass is 10.1. The molecule has 5 N–H and O–H groups in total. The molecule has 0 spiro atoms. The van der Waals surface area contributed by atoms with E-state index < -0.39 is 91.3 Å². The molecule has 0 fully saturated rings. The summed E-state index contributed by atoms with van der Waals surface area (Å²) in [5.41, 5.74) is 0. The Bertz CT molecular complexity index is 2300. The lowest BCUT2D eigenvalue weighted by molar-refractivity contribution is -0.148. The number of halogens is 2. The summed E-state index contributed by atoms with van der Waals surface area (Å²) in [5, 5.41) is 16.8. The molecular weight excluding hydrogens is 1220 g/mol. The maximum absolute atomic E-state index is 13.6. The maximum atomic E-state index is 13.6. The Kier molecular flexibility index (Phi) is 37.8. The number of rotatable bonds is 38. The highest BCUT2D eigenvalue weighted by Gasteiger charge is 2.44. The van der Waals surface area contributed by atoms with Crippen LogP contribution in [0.3, 0.4) is 0 Å². The minimum atomic E-state index is -2.13. The molecule has 0 aliphatic heterocycles. The average molecular weight is 1300 g/mol. The lowest BCUT2D eigenvalue weighted by Crippen LogP contribution is -3.00. The molecule has 19 nitrogen and oxygen atoms in total. The van der Waals surface area contributed by atoms with Gasteiger partial charge in [-0.3, -0.25) is 38.4 Å². The predicted molar refractivity (Wildman–Crippen MR) is 304 cm³/mol.